The Labute approximate surface area is 77.6 Å². The van der Waals surface area contributed by atoms with Crippen molar-refractivity contribution in [1.29, 1.82) is 0 Å². The lowest BCUT2D eigenvalue weighted by atomic mass is 10.1. The van der Waals surface area contributed by atoms with Gasteiger partial charge in [-0.15, -0.1) is 0 Å². The Morgan fingerprint density at radius 1 is 1.31 bits per heavy atom. The Kier molecular flexibility index (Phi) is 3.38. The van der Waals surface area contributed by atoms with Crippen LogP contribution in [0.3, 0.4) is 0 Å². The third-order valence-corrected chi connectivity index (χ3v) is 1.77. The molecule has 1 nitrogen and oxygen atoms in total. The first-order valence-electron chi connectivity index (χ1n) is 4.09. The summed E-state index contributed by atoms with van der Waals surface area (Å²) < 4.78 is 12.6. The van der Waals surface area contributed by atoms with Gasteiger partial charge >= 0.3 is 0 Å². The molecule has 2 heteroatoms. The maximum Gasteiger partial charge on any atom is 0.123 e. The highest BCUT2D eigenvalue weighted by Gasteiger charge is 1.94. The summed E-state index contributed by atoms with van der Waals surface area (Å²) in [5.74, 6) is -0.208. The number of halogens is 1. The molecule has 1 aromatic carbocycles. The van der Waals surface area contributed by atoms with Crippen LogP contribution in [0.2, 0.25) is 0 Å². The van der Waals surface area contributed by atoms with E-state index in [0.717, 1.165) is 11.1 Å². The van der Waals surface area contributed by atoms with Crippen molar-refractivity contribution in [3.8, 4) is 0 Å². The van der Waals surface area contributed by atoms with Gasteiger partial charge in [0.2, 0.25) is 0 Å². The molecule has 0 heterocycles. The van der Waals surface area contributed by atoms with Crippen molar-refractivity contribution in [1.82, 2.24) is 0 Å². The Balaban J connectivity index is 2.89. The van der Waals surface area contributed by atoms with E-state index >= 15 is 0 Å². The summed E-state index contributed by atoms with van der Waals surface area (Å²) >= 11 is 0. The van der Waals surface area contributed by atoms with Gasteiger partial charge in [-0.2, -0.15) is 0 Å². The van der Waals surface area contributed by atoms with E-state index in [9.17, 15) is 4.39 Å². The lowest BCUT2D eigenvalue weighted by Crippen LogP contribution is -1.81. The topological polar surface area (TPSA) is 12.4 Å². The molecular formula is C11H12FN. The van der Waals surface area contributed by atoms with Crippen molar-refractivity contribution in [2.45, 2.75) is 6.92 Å². The van der Waals surface area contributed by atoms with E-state index in [1.807, 2.05) is 13.0 Å². The molecule has 0 aromatic heterocycles. The summed E-state index contributed by atoms with van der Waals surface area (Å²) in [5.41, 5.74) is 2.09. The molecule has 0 atom stereocenters. The monoisotopic (exact) mass is 177 g/mol. The molecule has 0 aliphatic carbocycles. The molecule has 0 fully saturated rings. The summed E-state index contributed by atoms with van der Waals surface area (Å²) in [4.78, 5) is 3.84. The minimum Gasteiger partial charge on any atom is -0.297 e. The predicted molar refractivity (Wildman–Crippen MR) is 54.5 cm³/mol. The Hall–Kier alpha value is -1.44. The van der Waals surface area contributed by atoms with Crippen molar-refractivity contribution < 1.29 is 4.39 Å². The Morgan fingerprint density at radius 3 is 2.46 bits per heavy atom. The summed E-state index contributed by atoms with van der Waals surface area (Å²) in [6.07, 6.45) is 3.62. The molecule has 0 saturated heterocycles. The van der Waals surface area contributed by atoms with Crippen molar-refractivity contribution in [3.05, 3.63) is 41.7 Å². The first-order valence-corrected chi connectivity index (χ1v) is 4.09. The smallest absolute Gasteiger partial charge is 0.123 e. The Bertz CT molecular complexity index is 322. The third kappa shape index (κ3) is 2.82. The fourth-order valence-corrected chi connectivity index (χ4v) is 0.995. The Morgan fingerprint density at radius 2 is 1.92 bits per heavy atom. The van der Waals surface area contributed by atoms with Crippen LogP contribution >= 0.6 is 0 Å². The van der Waals surface area contributed by atoms with Crippen LogP contribution in [-0.4, -0.2) is 13.3 Å². The van der Waals surface area contributed by atoms with Crippen LogP contribution in [0.5, 0.6) is 0 Å². The summed E-state index contributed by atoms with van der Waals surface area (Å²) in [6, 6.07) is 6.42. The second kappa shape index (κ2) is 4.55. The van der Waals surface area contributed by atoms with Crippen molar-refractivity contribution in [3.63, 3.8) is 0 Å². The quantitative estimate of drug-likeness (QED) is 0.616. The summed E-state index contributed by atoms with van der Waals surface area (Å²) in [7, 11) is 1.72. The number of aliphatic imine (C=N–C) groups is 1. The average Bonchev–Trinajstić information content (AvgIpc) is 2.15. The van der Waals surface area contributed by atoms with Crippen LogP contribution in [0.1, 0.15) is 12.5 Å². The second-order valence-corrected chi connectivity index (χ2v) is 2.76. The highest BCUT2D eigenvalue weighted by atomic mass is 19.1. The molecule has 1 aromatic rings. The molecule has 0 amide bonds. The first-order chi connectivity index (χ1) is 6.24. The van der Waals surface area contributed by atoms with Crippen molar-refractivity contribution in [2.24, 2.45) is 4.99 Å². The molecule has 0 bridgehead atoms. The van der Waals surface area contributed by atoms with Crippen LogP contribution in [0.15, 0.2) is 35.3 Å². The third-order valence-electron chi connectivity index (χ3n) is 1.77. The number of allylic oxidation sites excluding steroid dienone is 2. The fraction of sp³-hybridized carbons (Fsp3) is 0.182. The summed E-state index contributed by atoms with van der Waals surface area (Å²) in [5, 5.41) is 0. The number of hydrogen-bond acceptors (Lipinski definition) is 1. The van der Waals surface area contributed by atoms with Crippen LogP contribution in [0.25, 0.3) is 5.57 Å². The SMILES string of the molecule is CN=CC=C(C)c1ccc(F)cc1. The molecule has 0 unspecified atom stereocenters. The zero-order valence-corrected chi connectivity index (χ0v) is 7.79. The van der Waals surface area contributed by atoms with Gasteiger partial charge in [0.1, 0.15) is 5.82 Å². The van der Waals surface area contributed by atoms with Crippen molar-refractivity contribution >= 4 is 11.8 Å². The largest absolute Gasteiger partial charge is 0.297 e. The lowest BCUT2D eigenvalue weighted by molar-refractivity contribution is 0.627. The molecular weight excluding hydrogens is 165 g/mol. The highest BCUT2D eigenvalue weighted by Crippen LogP contribution is 2.12. The van der Waals surface area contributed by atoms with Gasteiger partial charge in [-0.3, -0.25) is 4.99 Å². The summed E-state index contributed by atoms with van der Waals surface area (Å²) in [6.45, 7) is 1.97. The number of rotatable bonds is 2. The zero-order valence-electron chi connectivity index (χ0n) is 7.79. The molecule has 0 aliphatic heterocycles. The number of hydrogen-bond donors (Lipinski definition) is 0. The molecule has 68 valence electrons. The van der Waals surface area contributed by atoms with Crippen LogP contribution in [0, 0.1) is 5.82 Å². The van der Waals surface area contributed by atoms with E-state index in [0.29, 0.717) is 0 Å². The van der Waals surface area contributed by atoms with Gasteiger partial charge < -0.3 is 0 Å². The van der Waals surface area contributed by atoms with E-state index in [2.05, 4.69) is 4.99 Å². The van der Waals surface area contributed by atoms with Crippen LogP contribution in [-0.2, 0) is 0 Å². The molecule has 13 heavy (non-hydrogen) atoms. The molecule has 0 radical (unpaired) electrons. The van der Waals surface area contributed by atoms with Gasteiger partial charge in [-0.25, -0.2) is 4.39 Å². The molecule has 0 saturated carbocycles. The van der Waals surface area contributed by atoms with Crippen molar-refractivity contribution in [2.75, 3.05) is 7.05 Å². The van der Waals surface area contributed by atoms with E-state index in [1.54, 1.807) is 25.4 Å². The van der Waals surface area contributed by atoms with E-state index in [4.69, 9.17) is 0 Å². The zero-order chi connectivity index (χ0) is 9.68. The normalized spacial score (nSPS) is 12.4. The van der Waals surface area contributed by atoms with E-state index in [-0.39, 0.29) is 5.82 Å². The van der Waals surface area contributed by atoms with Gasteiger partial charge in [0.15, 0.2) is 0 Å². The molecule has 0 N–H and O–H groups in total. The maximum absolute atomic E-state index is 12.6. The second-order valence-electron chi connectivity index (χ2n) is 2.76. The van der Waals surface area contributed by atoms with Gasteiger partial charge in [0.05, 0.1) is 0 Å². The first kappa shape index (κ1) is 9.65. The minimum atomic E-state index is -0.208. The van der Waals surface area contributed by atoms with E-state index in [1.165, 1.54) is 12.1 Å². The van der Waals surface area contributed by atoms with Crippen LogP contribution in [0.4, 0.5) is 4.39 Å². The number of nitrogens with zero attached hydrogens (tertiary/aromatic N) is 1. The van der Waals surface area contributed by atoms with Gasteiger partial charge in [-0.05, 0) is 36.3 Å². The van der Waals surface area contributed by atoms with Gasteiger partial charge in [0, 0.05) is 13.3 Å². The number of benzene rings is 1. The highest BCUT2D eigenvalue weighted by molar-refractivity contribution is 5.83. The molecule has 0 aliphatic rings. The average molecular weight is 177 g/mol. The van der Waals surface area contributed by atoms with Gasteiger partial charge in [-0.1, -0.05) is 12.1 Å². The van der Waals surface area contributed by atoms with Crippen LogP contribution < -0.4 is 0 Å². The fourth-order valence-electron chi connectivity index (χ4n) is 0.995. The standard InChI is InChI=1S/C11H12FN/c1-9(7-8-13-2)10-3-5-11(12)6-4-10/h3-8H,1-2H3. The predicted octanol–water partition coefficient (Wildman–Crippen LogP) is 2.93. The lowest BCUT2D eigenvalue weighted by Gasteiger charge is -1.98. The molecule has 0 spiro atoms. The van der Waals surface area contributed by atoms with E-state index < -0.39 is 0 Å². The van der Waals surface area contributed by atoms with Gasteiger partial charge in [0.25, 0.3) is 0 Å². The molecule has 1 rings (SSSR count). The minimum absolute atomic E-state index is 0.208. The maximum atomic E-state index is 12.6.